The van der Waals surface area contributed by atoms with Crippen LogP contribution in [0.25, 0.3) is 0 Å². The summed E-state index contributed by atoms with van der Waals surface area (Å²) in [6.07, 6.45) is 0.921. The number of hydrogen-bond acceptors (Lipinski definition) is 3. The van der Waals surface area contributed by atoms with Crippen molar-refractivity contribution < 1.29 is 14.2 Å². The van der Waals surface area contributed by atoms with Gasteiger partial charge in [-0.3, -0.25) is 0 Å². The largest absolute Gasteiger partial charge is 0.473 e. The Bertz CT molecular complexity index is 243. The molecule has 3 heteroatoms. The van der Waals surface area contributed by atoms with Gasteiger partial charge in [0.05, 0.1) is 13.0 Å². The van der Waals surface area contributed by atoms with Gasteiger partial charge in [0.15, 0.2) is 11.4 Å². The molecule has 2 bridgehead atoms. The van der Waals surface area contributed by atoms with Crippen molar-refractivity contribution in [2.45, 2.75) is 17.8 Å². The van der Waals surface area contributed by atoms with Gasteiger partial charge in [-0.15, -0.1) is 0 Å². The van der Waals surface area contributed by atoms with Gasteiger partial charge in [0, 0.05) is 0 Å². The third-order valence-corrected chi connectivity index (χ3v) is 2.50. The normalized spacial score (nSPS) is 62.2. The van der Waals surface area contributed by atoms with Gasteiger partial charge in [0.2, 0.25) is 5.76 Å². The Kier molecular flexibility index (Phi) is 0.224. The lowest BCUT2D eigenvalue weighted by atomic mass is 10.1. The molecule has 3 aliphatic heterocycles. The van der Waals surface area contributed by atoms with Crippen LogP contribution < -0.4 is 0 Å². The zero-order valence-corrected chi connectivity index (χ0v) is 4.64. The summed E-state index contributed by atoms with van der Waals surface area (Å²) in [4.78, 5) is 0. The van der Waals surface area contributed by atoms with Crippen molar-refractivity contribution in [1.29, 1.82) is 0 Å². The predicted octanol–water partition coefficient (Wildman–Crippen LogP) is 0.127. The molecular formula is C6H4O3. The van der Waals surface area contributed by atoms with Crippen LogP contribution >= 0.6 is 0 Å². The van der Waals surface area contributed by atoms with Crippen molar-refractivity contribution in [3.05, 3.63) is 11.5 Å². The average Bonchev–Trinajstić information content (AvgIpc) is 2.61. The molecule has 0 radical (unpaired) electrons. The number of epoxide rings is 2. The topological polar surface area (TPSA) is 34.3 Å². The van der Waals surface area contributed by atoms with E-state index in [1.165, 1.54) is 0 Å². The second-order valence-corrected chi connectivity index (χ2v) is 3.08. The van der Waals surface area contributed by atoms with E-state index in [0.717, 1.165) is 17.9 Å². The van der Waals surface area contributed by atoms with Crippen LogP contribution in [0.4, 0.5) is 0 Å². The van der Waals surface area contributed by atoms with Gasteiger partial charge in [-0.2, -0.15) is 0 Å². The molecule has 2 unspecified atom stereocenters. The first-order valence-electron chi connectivity index (χ1n) is 3.12. The molecule has 2 atom stereocenters. The summed E-state index contributed by atoms with van der Waals surface area (Å²) in [7, 11) is 0. The molecular weight excluding hydrogens is 120 g/mol. The van der Waals surface area contributed by atoms with E-state index >= 15 is 0 Å². The fraction of sp³-hybridized carbons (Fsp3) is 0.667. The fourth-order valence-electron chi connectivity index (χ4n) is 1.92. The van der Waals surface area contributed by atoms with Crippen LogP contribution in [-0.4, -0.2) is 18.0 Å². The molecule has 9 heavy (non-hydrogen) atoms. The molecule has 4 aliphatic rings. The van der Waals surface area contributed by atoms with Gasteiger partial charge >= 0.3 is 0 Å². The molecule has 0 N–H and O–H groups in total. The second kappa shape index (κ2) is 0.583. The fourth-order valence-corrected chi connectivity index (χ4v) is 1.92. The van der Waals surface area contributed by atoms with Gasteiger partial charge in [-0.1, -0.05) is 0 Å². The van der Waals surface area contributed by atoms with Crippen molar-refractivity contribution >= 4 is 0 Å². The molecule has 4 rings (SSSR count). The maximum atomic E-state index is 5.35. The van der Waals surface area contributed by atoms with Gasteiger partial charge in [0.25, 0.3) is 5.79 Å². The molecule has 2 spiro atoms. The zero-order valence-electron chi connectivity index (χ0n) is 4.64. The van der Waals surface area contributed by atoms with E-state index in [-0.39, 0.29) is 11.4 Å². The van der Waals surface area contributed by atoms with Gasteiger partial charge < -0.3 is 14.2 Å². The maximum Gasteiger partial charge on any atom is 0.277 e. The highest BCUT2D eigenvalue weighted by Gasteiger charge is 2.84. The molecule has 3 nitrogen and oxygen atoms in total. The lowest BCUT2D eigenvalue weighted by molar-refractivity contribution is 0.00302. The quantitative estimate of drug-likeness (QED) is 0.430. The predicted molar refractivity (Wildman–Crippen MR) is 25.2 cm³/mol. The molecule has 0 aromatic heterocycles. The van der Waals surface area contributed by atoms with E-state index < -0.39 is 0 Å². The van der Waals surface area contributed by atoms with E-state index in [4.69, 9.17) is 14.2 Å². The summed E-state index contributed by atoms with van der Waals surface area (Å²) < 4.78 is 15.9. The Morgan fingerprint density at radius 1 is 1.22 bits per heavy atom. The van der Waals surface area contributed by atoms with Crippen LogP contribution in [0, 0.1) is 0 Å². The first-order valence-corrected chi connectivity index (χ1v) is 3.12. The Morgan fingerprint density at radius 2 is 2.22 bits per heavy atom. The Hall–Kier alpha value is -0.700. The highest BCUT2D eigenvalue weighted by molar-refractivity contribution is 5.49. The van der Waals surface area contributed by atoms with Crippen LogP contribution in [0.3, 0.4) is 0 Å². The average molecular weight is 124 g/mol. The van der Waals surface area contributed by atoms with E-state index in [9.17, 15) is 0 Å². The maximum absolute atomic E-state index is 5.35. The molecule has 0 amide bonds. The van der Waals surface area contributed by atoms with Crippen molar-refractivity contribution in [1.82, 2.24) is 0 Å². The lowest BCUT2D eigenvalue weighted by Crippen LogP contribution is -2.07. The Morgan fingerprint density at radius 3 is 2.78 bits per heavy atom. The van der Waals surface area contributed by atoms with Crippen LogP contribution in [0.5, 0.6) is 0 Å². The number of rotatable bonds is 0. The van der Waals surface area contributed by atoms with Gasteiger partial charge in [-0.25, -0.2) is 0 Å². The highest BCUT2D eigenvalue weighted by Crippen LogP contribution is 2.72. The van der Waals surface area contributed by atoms with Gasteiger partial charge in [0.1, 0.15) is 0 Å². The highest BCUT2D eigenvalue weighted by atomic mass is 16.8. The Labute approximate surface area is 51.2 Å². The SMILES string of the molecule is C1OC23CC14OC4=C2O3. The van der Waals surface area contributed by atoms with Crippen molar-refractivity contribution in [2.24, 2.45) is 0 Å². The second-order valence-electron chi connectivity index (χ2n) is 3.08. The third-order valence-electron chi connectivity index (χ3n) is 2.50. The molecule has 3 heterocycles. The van der Waals surface area contributed by atoms with Crippen molar-refractivity contribution in [3.8, 4) is 0 Å². The van der Waals surface area contributed by atoms with Gasteiger partial charge in [-0.05, 0) is 0 Å². The molecule has 0 aromatic rings. The molecule has 3 fully saturated rings. The minimum atomic E-state index is -0.256. The number of hydrogen-bond donors (Lipinski definition) is 0. The van der Waals surface area contributed by atoms with E-state index in [2.05, 4.69) is 0 Å². The summed E-state index contributed by atoms with van der Waals surface area (Å²) in [5.74, 6) is 1.80. The minimum Gasteiger partial charge on any atom is -0.473 e. The first-order chi connectivity index (χ1) is 4.35. The summed E-state index contributed by atoms with van der Waals surface area (Å²) in [5.41, 5.74) is 0.0214. The first kappa shape index (κ1) is 3.46. The lowest BCUT2D eigenvalue weighted by Gasteiger charge is -1.92. The third kappa shape index (κ3) is 0.174. The Balaban J connectivity index is 2.18. The van der Waals surface area contributed by atoms with Crippen LogP contribution in [0.15, 0.2) is 11.5 Å². The summed E-state index contributed by atoms with van der Waals surface area (Å²) >= 11 is 0. The monoisotopic (exact) mass is 124 g/mol. The van der Waals surface area contributed by atoms with E-state index in [0.29, 0.717) is 6.61 Å². The molecule has 1 aliphatic carbocycles. The molecule has 0 aromatic carbocycles. The van der Waals surface area contributed by atoms with Crippen LogP contribution in [0.1, 0.15) is 6.42 Å². The minimum absolute atomic E-state index is 0.0214. The molecule has 0 saturated carbocycles. The molecule has 3 saturated heterocycles. The zero-order chi connectivity index (χ0) is 5.69. The van der Waals surface area contributed by atoms with Crippen LogP contribution in [0.2, 0.25) is 0 Å². The summed E-state index contributed by atoms with van der Waals surface area (Å²) in [5, 5.41) is 0. The van der Waals surface area contributed by atoms with E-state index in [1.807, 2.05) is 0 Å². The van der Waals surface area contributed by atoms with Crippen molar-refractivity contribution in [3.63, 3.8) is 0 Å². The van der Waals surface area contributed by atoms with Crippen molar-refractivity contribution in [2.75, 3.05) is 6.61 Å². The standard InChI is InChI=1S/C6H4O3/c1-5-2-7-6(1)4(9-6)3(5)8-5/h1-2H2. The summed E-state index contributed by atoms with van der Waals surface area (Å²) in [6, 6.07) is 0. The summed E-state index contributed by atoms with van der Waals surface area (Å²) in [6.45, 7) is 0.714. The van der Waals surface area contributed by atoms with Crippen LogP contribution in [-0.2, 0) is 14.2 Å². The molecule has 46 valence electrons. The number of ether oxygens (including phenoxy) is 3. The smallest absolute Gasteiger partial charge is 0.277 e. The van der Waals surface area contributed by atoms with E-state index in [1.54, 1.807) is 0 Å².